The Morgan fingerprint density at radius 2 is 1.88 bits per heavy atom. The Bertz CT molecular complexity index is 409. The quantitative estimate of drug-likeness (QED) is 0.801. The number of thiophene rings is 2. The number of nitrogens with one attached hydrogen (secondary N) is 1. The molecule has 0 aromatic carbocycles. The van der Waals surface area contributed by atoms with Gasteiger partial charge in [0, 0.05) is 27.7 Å². The van der Waals surface area contributed by atoms with Gasteiger partial charge in [-0.1, -0.05) is 11.6 Å². The summed E-state index contributed by atoms with van der Waals surface area (Å²) >= 11 is 9.39. The van der Waals surface area contributed by atoms with E-state index in [9.17, 15) is 0 Å². The SMILES string of the molecule is Cc1ccc(CNCCc2ccc(Cl)s2)s1.Cl. The highest BCUT2D eigenvalue weighted by Crippen LogP contribution is 2.21. The molecule has 5 heteroatoms. The van der Waals surface area contributed by atoms with Crippen molar-refractivity contribution < 1.29 is 0 Å². The summed E-state index contributed by atoms with van der Waals surface area (Å²) in [6, 6.07) is 8.42. The first-order chi connectivity index (χ1) is 7.74. The third-order valence-corrected chi connectivity index (χ3v) is 4.56. The van der Waals surface area contributed by atoms with Gasteiger partial charge in [0.2, 0.25) is 0 Å². The van der Waals surface area contributed by atoms with Crippen LogP contribution >= 0.6 is 46.7 Å². The zero-order valence-electron chi connectivity index (χ0n) is 9.53. The summed E-state index contributed by atoms with van der Waals surface area (Å²) in [6.45, 7) is 4.12. The van der Waals surface area contributed by atoms with Gasteiger partial charge in [0.1, 0.15) is 0 Å². The van der Waals surface area contributed by atoms with Crippen molar-refractivity contribution in [2.24, 2.45) is 0 Å². The molecule has 2 aromatic rings. The van der Waals surface area contributed by atoms with Crippen molar-refractivity contribution in [1.82, 2.24) is 5.32 Å². The van der Waals surface area contributed by atoms with Crippen molar-refractivity contribution in [3.63, 3.8) is 0 Å². The molecule has 0 radical (unpaired) electrons. The molecule has 0 amide bonds. The molecule has 2 rings (SSSR count). The van der Waals surface area contributed by atoms with Crippen molar-refractivity contribution in [2.45, 2.75) is 19.9 Å². The molecule has 94 valence electrons. The van der Waals surface area contributed by atoms with Crippen molar-refractivity contribution >= 4 is 46.7 Å². The molecule has 0 atom stereocenters. The molecule has 2 heterocycles. The van der Waals surface area contributed by atoms with Gasteiger partial charge < -0.3 is 5.32 Å². The van der Waals surface area contributed by atoms with Crippen LogP contribution in [0.15, 0.2) is 24.3 Å². The third kappa shape index (κ3) is 4.98. The largest absolute Gasteiger partial charge is 0.311 e. The van der Waals surface area contributed by atoms with Gasteiger partial charge in [0.15, 0.2) is 0 Å². The van der Waals surface area contributed by atoms with Gasteiger partial charge >= 0.3 is 0 Å². The highest BCUT2D eigenvalue weighted by atomic mass is 35.5. The van der Waals surface area contributed by atoms with Gasteiger partial charge in [-0.05, 0) is 37.6 Å². The van der Waals surface area contributed by atoms with Crippen molar-refractivity contribution in [1.29, 1.82) is 0 Å². The molecule has 0 saturated carbocycles. The standard InChI is InChI=1S/C12H14ClNS2.ClH/c1-9-2-3-11(15-9)8-14-7-6-10-4-5-12(13)16-10;/h2-5,14H,6-8H2,1H3;1H. The predicted octanol–water partition coefficient (Wildman–Crippen LogP) is 4.53. The van der Waals surface area contributed by atoms with Crippen LogP contribution in [0, 0.1) is 6.92 Å². The first-order valence-corrected chi connectivity index (χ1v) is 7.25. The van der Waals surface area contributed by atoms with E-state index in [4.69, 9.17) is 11.6 Å². The van der Waals surface area contributed by atoms with Crippen molar-refractivity contribution in [3.8, 4) is 0 Å². The zero-order valence-corrected chi connectivity index (χ0v) is 12.7. The maximum Gasteiger partial charge on any atom is 0.0931 e. The lowest BCUT2D eigenvalue weighted by Crippen LogP contribution is -2.15. The Labute approximate surface area is 121 Å². The second-order valence-electron chi connectivity index (χ2n) is 3.64. The number of hydrogen-bond acceptors (Lipinski definition) is 3. The average molecular weight is 308 g/mol. The number of hydrogen-bond donors (Lipinski definition) is 1. The van der Waals surface area contributed by atoms with E-state index >= 15 is 0 Å². The van der Waals surface area contributed by atoms with Gasteiger partial charge in [-0.2, -0.15) is 0 Å². The molecule has 17 heavy (non-hydrogen) atoms. The second kappa shape index (κ2) is 7.39. The van der Waals surface area contributed by atoms with Crippen LogP contribution in [-0.4, -0.2) is 6.54 Å². The molecule has 0 unspecified atom stereocenters. The van der Waals surface area contributed by atoms with E-state index in [1.54, 1.807) is 11.3 Å². The molecule has 1 nitrogen and oxygen atoms in total. The summed E-state index contributed by atoms with van der Waals surface area (Å²) in [4.78, 5) is 4.13. The Kier molecular flexibility index (Phi) is 6.52. The van der Waals surface area contributed by atoms with E-state index < -0.39 is 0 Å². The fourth-order valence-corrected chi connectivity index (χ4v) is 3.44. The fraction of sp³-hybridized carbons (Fsp3) is 0.333. The van der Waals surface area contributed by atoms with Crippen LogP contribution < -0.4 is 5.32 Å². The van der Waals surface area contributed by atoms with E-state index in [0.29, 0.717) is 0 Å². The second-order valence-corrected chi connectivity index (χ2v) is 6.82. The van der Waals surface area contributed by atoms with Gasteiger partial charge in [0.05, 0.1) is 4.34 Å². The average Bonchev–Trinajstić information content (AvgIpc) is 2.83. The first kappa shape index (κ1) is 15.0. The summed E-state index contributed by atoms with van der Waals surface area (Å²) in [5, 5.41) is 3.45. The minimum Gasteiger partial charge on any atom is -0.311 e. The smallest absolute Gasteiger partial charge is 0.0931 e. The van der Waals surface area contributed by atoms with Crippen LogP contribution in [0.2, 0.25) is 4.34 Å². The van der Waals surface area contributed by atoms with Crippen LogP contribution in [0.4, 0.5) is 0 Å². The highest BCUT2D eigenvalue weighted by Gasteiger charge is 1.99. The molecule has 0 saturated heterocycles. The molecule has 2 aromatic heterocycles. The van der Waals surface area contributed by atoms with E-state index in [2.05, 4.69) is 30.4 Å². The van der Waals surface area contributed by atoms with E-state index in [1.165, 1.54) is 14.6 Å². The minimum atomic E-state index is 0. The lowest BCUT2D eigenvalue weighted by molar-refractivity contribution is 0.697. The van der Waals surface area contributed by atoms with Gasteiger partial charge in [0.25, 0.3) is 0 Å². The van der Waals surface area contributed by atoms with Gasteiger partial charge in [-0.3, -0.25) is 0 Å². The summed E-state index contributed by atoms with van der Waals surface area (Å²) in [5.74, 6) is 0. The molecule has 0 spiro atoms. The minimum absolute atomic E-state index is 0. The molecule has 0 aliphatic carbocycles. The van der Waals surface area contributed by atoms with Crippen LogP contribution in [0.25, 0.3) is 0 Å². The molecule has 0 aliphatic rings. The molecular weight excluding hydrogens is 293 g/mol. The van der Waals surface area contributed by atoms with E-state index in [1.807, 2.05) is 17.4 Å². The zero-order chi connectivity index (χ0) is 11.4. The molecule has 0 fully saturated rings. The van der Waals surface area contributed by atoms with Crippen LogP contribution in [0.5, 0.6) is 0 Å². The first-order valence-electron chi connectivity index (χ1n) is 5.24. The molecule has 0 aliphatic heterocycles. The fourth-order valence-electron chi connectivity index (χ4n) is 1.49. The maximum absolute atomic E-state index is 5.87. The van der Waals surface area contributed by atoms with Crippen LogP contribution in [0.3, 0.4) is 0 Å². The Morgan fingerprint density at radius 1 is 1.12 bits per heavy atom. The molecule has 0 bridgehead atoms. The Hall–Kier alpha value is -0.0600. The molecular formula is C12H15Cl2NS2. The molecule has 1 N–H and O–H groups in total. The third-order valence-electron chi connectivity index (χ3n) is 2.27. The van der Waals surface area contributed by atoms with E-state index in [-0.39, 0.29) is 12.4 Å². The van der Waals surface area contributed by atoms with Gasteiger partial charge in [-0.15, -0.1) is 35.1 Å². The Morgan fingerprint density at radius 3 is 2.47 bits per heavy atom. The van der Waals surface area contributed by atoms with Crippen LogP contribution in [-0.2, 0) is 13.0 Å². The van der Waals surface area contributed by atoms with Crippen LogP contribution in [0.1, 0.15) is 14.6 Å². The van der Waals surface area contributed by atoms with Crippen molar-refractivity contribution in [2.75, 3.05) is 6.54 Å². The summed E-state index contributed by atoms with van der Waals surface area (Å²) in [5.41, 5.74) is 0. The van der Waals surface area contributed by atoms with Crippen molar-refractivity contribution in [3.05, 3.63) is 43.2 Å². The summed E-state index contributed by atoms with van der Waals surface area (Å²) in [6.07, 6.45) is 1.06. The number of rotatable bonds is 5. The summed E-state index contributed by atoms with van der Waals surface area (Å²) < 4.78 is 0.879. The lowest BCUT2D eigenvalue weighted by Gasteiger charge is -2.01. The van der Waals surface area contributed by atoms with Gasteiger partial charge in [-0.25, -0.2) is 0 Å². The normalized spacial score (nSPS) is 10.2. The number of halogens is 2. The number of aryl methyl sites for hydroxylation is 1. The van der Waals surface area contributed by atoms with E-state index in [0.717, 1.165) is 23.8 Å². The topological polar surface area (TPSA) is 12.0 Å². The predicted molar refractivity (Wildman–Crippen MR) is 81.0 cm³/mol. The Balaban J connectivity index is 0.00000144. The maximum atomic E-state index is 5.87. The highest BCUT2D eigenvalue weighted by molar-refractivity contribution is 7.16. The lowest BCUT2D eigenvalue weighted by atomic mass is 10.3. The monoisotopic (exact) mass is 307 g/mol. The summed E-state index contributed by atoms with van der Waals surface area (Å²) in [7, 11) is 0.